The lowest BCUT2D eigenvalue weighted by atomic mass is 9.89. The van der Waals surface area contributed by atoms with Crippen LogP contribution in [0.15, 0.2) is 103 Å². The number of thiazole rings is 1. The number of carbonyl (C=O) groups excluding carboxylic acids is 2. The molecule has 1 unspecified atom stereocenters. The first kappa shape index (κ1) is 33.9. The maximum absolute atomic E-state index is 13.8. The average molecular weight is 667 g/mol. The lowest BCUT2D eigenvalue weighted by Gasteiger charge is -2.18. The normalized spacial score (nSPS) is 12.8. The second-order valence-electron chi connectivity index (χ2n) is 12.7. The largest absolute Gasteiger partial charge is 0.326 e. The Kier molecular flexibility index (Phi) is 10.5. The van der Waals surface area contributed by atoms with Crippen molar-refractivity contribution in [1.29, 1.82) is 0 Å². The van der Waals surface area contributed by atoms with Crippen molar-refractivity contribution in [2.75, 3.05) is 11.1 Å². The highest BCUT2D eigenvalue weighted by atomic mass is 32.2. The Bertz CT molecular complexity index is 1960. The third kappa shape index (κ3) is 9.78. The van der Waals surface area contributed by atoms with Crippen LogP contribution in [0.2, 0.25) is 0 Å². The smallest absolute Gasteiger partial charge is 0.264 e. The highest BCUT2D eigenvalue weighted by Crippen LogP contribution is 2.31. The molecule has 9 heteroatoms. The molecule has 0 aliphatic rings. The number of ketones is 1. The van der Waals surface area contributed by atoms with Gasteiger partial charge in [-0.05, 0) is 71.3 Å². The van der Waals surface area contributed by atoms with Crippen molar-refractivity contribution in [1.82, 2.24) is 4.98 Å². The first-order chi connectivity index (χ1) is 22.3. The van der Waals surface area contributed by atoms with Crippen LogP contribution in [0.3, 0.4) is 0 Å². The van der Waals surface area contributed by atoms with Gasteiger partial charge in [-0.3, -0.25) is 14.1 Å². The van der Waals surface area contributed by atoms with Crippen molar-refractivity contribution in [2.45, 2.75) is 46.0 Å². The molecule has 5 rings (SSSR count). The molecule has 4 aromatic carbocycles. The highest BCUT2D eigenvalue weighted by Gasteiger charge is 2.22. The molecule has 0 saturated carbocycles. The summed E-state index contributed by atoms with van der Waals surface area (Å²) in [5, 5.41) is 4.02. The van der Waals surface area contributed by atoms with E-state index in [9.17, 15) is 18.0 Å². The highest BCUT2D eigenvalue weighted by molar-refractivity contribution is 7.85. The molecule has 0 aliphatic heterocycles. The number of rotatable bonds is 12. The third-order valence-corrected chi connectivity index (χ3v) is 9.54. The number of anilines is 1. The number of fused-ring (bicyclic) bond motifs is 1. The van der Waals surface area contributed by atoms with Crippen LogP contribution in [0.4, 0.5) is 5.69 Å². The van der Waals surface area contributed by atoms with E-state index in [4.69, 9.17) is 9.54 Å². The molecule has 0 aliphatic carbocycles. The Labute approximate surface area is 280 Å². The van der Waals surface area contributed by atoms with Crippen LogP contribution in [0.1, 0.15) is 66.6 Å². The molecule has 0 radical (unpaired) electrons. The van der Waals surface area contributed by atoms with Crippen LogP contribution in [0.25, 0.3) is 26.9 Å². The molecule has 7 nitrogen and oxygen atoms in total. The van der Waals surface area contributed by atoms with Crippen molar-refractivity contribution in [3.8, 4) is 10.6 Å². The number of carbonyl (C=O) groups is 2. The summed E-state index contributed by atoms with van der Waals surface area (Å²) < 4.78 is 32.0. The van der Waals surface area contributed by atoms with Gasteiger partial charge < -0.3 is 5.32 Å². The summed E-state index contributed by atoms with van der Waals surface area (Å²) in [5.74, 6) is -1.32. The number of nitrogens with zero attached hydrogens (tertiary/aromatic N) is 1. The quantitative estimate of drug-likeness (QED) is 0.102. The van der Waals surface area contributed by atoms with Crippen LogP contribution in [-0.2, 0) is 21.3 Å². The van der Waals surface area contributed by atoms with Gasteiger partial charge in [-0.2, -0.15) is 8.42 Å². The molecule has 1 amide bonds. The summed E-state index contributed by atoms with van der Waals surface area (Å²) in [5.41, 5.74) is 5.91. The first-order valence-corrected chi connectivity index (χ1v) is 17.9. The Morgan fingerprint density at radius 3 is 2.23 bits per heavy atom. The van der Waals surface area contributed by atoms with Gasteiger partial charge in [-0.1, -0.05) is 93.6 Å². The number of benzene rings is 4. The Morgan fingerprint density at radius 1 is 0.915 bits per heavy atom. The fraction of sp³-hybridized carbons (Fsp3) is 0.237. The predicted octanol–water partition coefficient (Wildman–Crippen LogP) is 8.84. The van der Waals surface area contributed by atoms with Crippen molar-refractivity contribution < 1.29 is 22.6 Å². The SMILES string of the molecule is CC(C)(C)/C=C/c1ccc(C(Cc2ccc(C(=O)CCCS(=O)(=O)O)cc2)C(=O)Nc2ccc(-c3nc4ccccc4s3)cc2)cc1. The molecule has 47 heavy (non-hydrogen) atoms. The topological polar surface area (TPSA) is 113 Å². The van der Waals surface area contributed by atoms with Gasteiger partial charge >= 0.3 is 0 Å². The summed E-state index contributed by atoms with van der Waals surface area (Å²) in [4.78, 5) is 31.1. The summed E-state index contributed by atoms with van der Waals surface area (Å²) in [6.45, 7) is 6.42. The van der Waals surface area contributed by atoms with E-state index in [0.29, 0.717) is 17.7 Å². The number of allylic oxidation sites excluding steroid dienone is 1. The fourth-order valence-corrected chi connectivity index (χ4v) is 6.57. The second-order valence-corrected chi connectivity index (χ2v) is 15.3. The first-order valence-electron chi connectivity index (χ1n) is 15.5. The van der Waals surface area contributed by atoms with Crippen molar-refractivity contribution in [3.63, 3.8) is 0 Å². The summed E-state index contributed by atoms with van der Waals surface area (Å²) >= 11 is 1.63. The maximum Gasteiger partial charge on any atom is 0.264 e. The zero-order valence-corrected chi connectivity index (χ0v) is 28.3. The van der Waals surface area contributed by atoms with Crippen molar-refractivity contribution in [3.05, 3.63) is 125 Å². The van der Waals surface area contributed by atoms with Gasteiger partial charge in [0.25, 0.3) is 10.1 Å². The average Bonchev–Trinajstić information content (AvgIpc) is 3.47. The maximum atomic E-state index is 13.8. The van der Waals surface area contributed by atoms with Crippen LogP contribution in [0.5, 0.6) is 0 Å². The third-order valence-electron chi connectivity index (χ3n) is 7.65. The van der Waals surface area contributed by atoms with Crippen LogP contribution < -0.4 is 5.32 Å². The lowest BCUT2D eigenvalue weighted by Crippen LogP contribution is -2.23. The summed E-state index contributed by atoms with van der Waals surface area (Å²) in [6, 6.07) is 30.8. The molecular formula is C38H38N2O5S2. The zero-order valence-electron chi connectivity index (χ0n) is 26.6. The molecule has 5 aromatic rings. The lowest BCUT2D eigenvalue weighted by molar-refractivity contribution is -0.117. The number of para-hydroxylation sites is 1. The zero-order chi connectivity index (χ0) is 33.6. The van der Waals surface area contributed by atoms with Gasteiger partial charge in [0.15, 0.2) is 5.78 Å². The van der Waals surface area contributed by atoms with Crippen molar-refractivity contribution >= 4 is 55.1 Å². The van der Waals surface area contributed by atoms with E-state index in [1.54, 1.807) is 23.5 Å². The van der Waals surface area contributed by atoms with Gasteiger partial charge in [-0.25, -0.2) is 4.98 Å². The number of hydrogen-bond acceptors (Lipinski definition) is 6. The minimum Gasteiger partial charge on any atom is -0.326 e. The molecule has 1 atom stereocenters. The van der Waals surface area contributed by atoms with Gasteiger partial charge in [0.2, 0.25) is 5.91 Å². The Balaban J connectivity index is 1.33. The van der Waals surface area contributed by atoms with E-state index in [1.165, 1.54) is 0 Å². The van der Waals surface area contributed by atoms with Crippen molar-refractivity contribution in [2.24, 2.45) is 5.41 Å². The van der Waals surface area contributed by atoms with Gasteiger partial charge in [0, 0.05) is 23.2 Å². The molecule has 1 aromatic heterocycles. The summed E-state index contributed by atoms with van der Waals surface area (Å²) in [6.07, 6.45) is 4.69. The van der Waals surface area contributed by atoms with Crippen LogP contribution in [-0.4, -0.2) is 35.4 Å². The number of Topliss-reactive ketones (excluding diaryl/α,β-unsaturated/α-hetero) is 1. The molecule has 0 spiro atoms. The van der Waals surface area contributed by atoms with E-state index in [0.717, 1.165) is 37.5 Å². The number of aromatic nitrogens is 1. The molecule has 2 N–H and O–H groups in total. The Hall–Kier alpha value is -4.44. The van der Waals surface area contributed by atoms with Crippen LogP contribution >= 0.6 is 11.3 Å². The number of hydrogen-bond donors (Lipinski definition) is 2. The van der Waals surface area contributed by atoms with Gasteiger partial charge in [0.05, 0.1) is 21.9 Å². The molecular weight excluding hydrogens is 629 g/mol. The summed E-state index contributed by atoms with van der Waals surface area (Å²) in [7, 11) is -4.11. The van der Waals surface area contributed by atoms with E-state index in [-0.39, 0.29) is 29.9 Å². The minimum atomic E-state index is -4.11. The standard InChI is InChI=1S/C38H38N2O5S2/c1-38(2,3)23-22-26-10-14-28(15-11-26)32(25-27-12-16-29(17-13-27)34(41)8-6-24-47(43,44)45)36(42)39-31-20-18-30(19-21-31)37-40-33-7-4-5-9-35(33)46-37/h4-5,7,9-23,32H,6,8,24-25H2,1-3H3,(H,39,42)(H,43,44,45)/b23-22+. The van der Waals surface area contributed by atoms with E-state index < -0.39 is 21.8 Å². The number of nitrogens with one attached hydrogen (secondary N) is 1. The Morgan fingerprint density at radius 2 is 1.60 bits per heavy atom. The monoisotopic (exact) mass is 666 g/mol. The van der Waals surface area contributed by atoms with Gasteiger partial charge in [-0.15, -0.1) is 11.3 Å². The molecule has 1 heterocycles. The van der Waals surface area contributed by atoms with E-state index >= 15 is 0 Å². The predicted molar refractivity (Wildman–Crippen MR) is 191 cm³/mol. The molecule has 0 saturated heterocycles. The molecule has 0 bridgehead atoms. The van der Waals surface area contributed by atoms with Gasteiger partial charge in [0.1, 0.15) is 5.01 Å². The second kappa shape index (κ2) is 14.5. The molecule has 0 fully saturated rings. The number of amides is 1. The van der Waals surface area contributed by atoms with E-state index in [2.05, 4.69) is 44.3 Å². The minimum absolute atomic E-state index is 0.0118. The van der Waals surface area contributed by atoms with Crippen LogP contribution in [0, 0.1) is 5.41 Å². The fourth-order valence-electron chi connectivity index (χ4n) is 5.09. The van der Waals surface area contributed by atoms with E-state index in [1.807, 2.05) is 78.9 Å². The molecule has 242 valence electrons.